The van der Waals surface area contributed by atoms with Crippen molar-refractivity contribution >= 4 is 5.69 Å². The molecule has 0 saturated carbocycles. The first-order chi connectivity index (χ1) is 8.60. The standard InChI is InChI=1S/C13H11F2NO2/c1-17-8-3-5-12(16)13(7-8)18-9-2-4-10(14)11(15)6-9/h2-7H,16H2,1H3. The van der Waals surface area contributed by atoms with Gasteiger partial charge in [0.1, 0.15) is 11.5 Å². The van der Waals surface area contributed by atoms with Gasteiger partial charge in [0.05, 0.1) is 12.8 Å². The molecule has 0 unspecified atom stereocenters. The van der Waals surface area contributed by atoms with Gasteiger partial charge in [-0.1, -0.05) is 0 Å². The molecule has 0 heterocycles. The third-order valence-electron chi connectivity index (χ3n) is 2.34. The molecule has 0 atom stereocenters. The minimum atomic E-state index is -0.978. The van der Waals surface area contributed by atoms with Crippen LogP contribution >= 0.6 is 0 Å². The van der Waals surface area contributed by atoms with E-state index in [2.05, 4.69) is 0 Å². The average Bonchev–Trinajstić information content (AvgIpc) is 2.36. The van der Waals surface area contributed by atoms with Gasteiger partial charge < -0.3 is 15.2 Å². The Bertz CT molecular complexity index is 573. The fourth-order valence-electron chi connectivity index (χ4n) is 1.40. The fraction of sp³-hybridized carbons (Fsp3) is 0.0769. The quantitative estimate of drug-likeness (QED) is 0.851. The second-order valence-corrected chi connectivity index (χ2v) is 3.58. The van der Waals surface area contributed by atoms with E-state index in [9.17, 15) is 8.78 Å². The molecule has 0 aliphatic carbocycles. The van der Waals surface area contributed by atoms with Gasteiger partial charge >= 0.3 is 0 Å². The van der Waals surface area contributed by atoms with Gasteiger partial charge in [-0.3, -0.25) is 0 Å². The van der Waals surface area contributed by atoms with Gasteiger partial charge in [-0.2, -0.15) is 0 Å². The number of nitrogen functional groups attached to an aromatic ring is 1. The lowest BCUT2D eigenvalue weighted by Gasteiger charge is -2.10. The molecule has 94 valence electrons. The third kappa shape index (κ3) is 2.51. The smallest absolute Gasteiger partial charge is 0.162 e. The summed E-state index contributed by atoms with van der Waals surface area (Å²) in [5, 5.41) is 0. The Hall–Kier alpha value is -2.30. The van der Waals surface area contributed by atoms with Crippen molar-refractivity contribution in [1.82, 2.24) is 0 Å². The molecule has 2 N–H and O–H groups in total. The summed E-state index contributed by atoms with van der Waals surface area (Å²) in [6, 6.07) is 8.10. The molecule has 0 radical (unpaired) electrons. The molecule has 0 aliphatic rings. The van der Waals surface area contributed by atoms with Crippen LogP contribution in [0.2, 0.25) is 0 Å². The largest absolute Gasteiger partial charge is 0.497 e. The van der Waals surface area contributed by atoms with Gasteiger partial charge in [-0.15, -0.1) is 0 Å². The number of hydrogen-bond acceptors (Lipinski definition) is 3. The Morgan fingerprint density at radius 2 is 1.67 bits per heavy atom. The van der Waals surface area contributed by atoms with Crippen LogP contribution in [0.3, 0.4) is 0 Å². The van der Waals surface area contributed by atoms with E-state index in [1.807, 2.05) is 0 Å². The number of halogens is 2. The van der Waals surface area contributed by atoms with Crippen LogP contribution in [0.15, 0.2) is 36.4 Å². The minimum absolute atomic E-state index is 0.161. The number of rotatable bonds is 3. The molecule has 0 amide bonds. The van der Waals surface area contributed by atoms with Crippen LogP contribution in [-0.2, 0) is 0 Å². The van der Waals surface area contributed by atoms with E-state index in [1.54, 1.807) is 18.2 Å². The van der Waals surface area contributed by atoms with Gasteiger partial charge in [0.15, 0.2) is 17.4 Å². The zero-order valence-electron chi connectivity index (χ0n) is 9.61. The molecule has 0 aromatic heterocycles. The van der Waals surface area contributed by atoms with Crippen LogP contribution in [0, 0.1) is 11.6 Å². The van der Waals surface area contributed by atoms with E-state index < -0.39 is 11.6 Å². The Labute approximate surface area is 103 Å². The highest BCUT2D eigenvalue weighted by Gasteiger charge is 2.07. The summed E-state index contributed by atoms with van der Waals surface area (Å²) in [7, 11) is 1.51. The summed E-state index contributed by atoms with van der Waals surface area (Å²) in [5.74, 6) is -0.870. The lowest BCUT2D eigenvalue weighted by Crippen LogP contribution is -1.94. The van der Waals surface area contributed by atoms with Crippen LogP contribution in [0.4, 0.5) is 14.5 Å². The number of hydrogen-bond donors (Lipinski definition) is 1. The maximum absolute atomic E-state index is 13.0. The van der Waals surface area contributed by atoms with E-state index in [0.29, 0.717) is 17.2 Å². The van der Waals surface area contributed by atoms with Gasteiger partial charge in [0.2, 0.25) is 0 Å². The molecule has 3 nitrogen and oxygen atoms in total. The monoisotopic (exact) mass is 251 g/mol. The highest BCUT2D eigenvalue weighted by molar-refractivity contribution is 5.57. The van der Waals surface area contributed by atoms with Crippen molar-refractivity contribution in [3.63, 3.8) is 0 Å². The van der Waals surface area contributed by atoms with Crippen molar-refractivity contribution in [3.05, 3.63) is 48.0 Å². The zero-order chi connectivity index (χ0) is 13.1. The first kappa shape index (κ1) is 12.2. The minimum Gasteiger partial charge on any atom is -0.497 e. The van der Waals surface area contributed by atoms with E-state index in [1.165, 1.54) is 13.2 Å². The molecule has 0 aliphatic heterocycles. The Kier molecular flexibility index (Phi) is 3.32. The summed E-state index contributed by atoms with van der Waals surface area (Å²) in [6.45, 7) is 0. The predicted octanol–water partition coefficient (Wildman–Crippen LogP) is 3.35. The highest BCUT2D eigenvalue weighted by Crippen LogP contribution is 2.31. The summed E-state index contributed by atoms with van der Waals surface area (Å²) >= 11 is 0. The molecular formula is C13H11F2NO2. The maximum atomic E-state index is 13.0. The first-order valence-electron chi connectivity index (χ1n) is 5.16. The van der Waals surface area contributed by atoms with Gasteiger partial charge in [0, 0.05) is 12.1 Å². The Morgan fingerprint density at radius 1 is 0.944 bits per heavy atom. The Balaban J connectivity index is 2.30. The van der Waals surface area contributed by atoms with E-state index in [0.717, 1.165) is 12.1 Å². The predicted molar refractivity (Wildman–Crippen MR) is 63.8 cm³/mol. The molecule has 0 bridgehead atoms. The van der Waals surface area contributed by atoms with Crippen molar-refractivity contribution in [2.24, 2.45) is 0 Å². The summed E-state index contributed by atoms with van der Waals surface area (Å²) in [4.78, 5) is 0. The van der Waals surface area contributed by atoms with Crippen LogP contribution in [0.1, 0.15) is 0 Å². The second kappa shape index (κ2) is 4.91. The molecule has 2 aromatic rings. The Morgan fingerprint density at radius 3 is 2.33 bits per heavy atom. The van der Waals surface area contributed by atoms with Crippen molar-refractivity contribution in [2.75, 3.05) is 12.8 Å². The van der Waals surface area contributed by atoms with E-state index in [-0.39, 0.29) is 5.75 Å². The van der Waals surface area contributed by atoms with Gasteiger partial charge in [0.25, 0.3) is 0 Å². The van der Waals surface area contributed by atoms with Crippen LogP contribution in [-0.4, -0.2) is 7.11 Å². The molecule has 0 saturated heterocycles. The van der Waals surface area contributed by atoms with Crippen molar-refractivity contribution in [3.8, 4) is 17.2 Å². The topological polar surface area (TPSA) is 44.5 Å². The van der Waals surface area contributed by atoms with Gasteiger partial charge in [-0.25, -0.2) is 8.78 Å². The van der Waals surface area contributed by atoms with E-state index in [4.69, 9.17) is 15.2 Å². The molecule has 5 heteroatoms. The lowest BCUT2D eigenvalue weighted by atomic mass is 10.2. The average molecular weight is 251 g/mol. The van der Waals surface area contributed by atoms with Crippen LogP contribution < -0.4 is 15.2 Å². The van der Waals surface area contributed by atoms with E-state index >= 15 is 0 Å². The summed E-state index contributed by atoms with van der Waals surface area (Å²) in [6.07, 6.45) is 0. The first-order valence-corrected chi connectivity index (χ1v) is 5.16. The number of benzene rings is 2. The molecule has 2 rings (SSSR count). The molecular weight excluding hydrogens is 240 g/mol. The number of nitrogens with two attached hydrogens (primary N) is 1. The lowest BCUT2D eigenvalue weighted by molar-refractivity contribution is 0.408. The summed E-state index contributed by atoms with van der Waals surface area (Å²) < 4.78 is 36.2. The molecule has 18 heavy (non-hydrogen) atoms. The molecule has 0 fully saturated rings. The fourth-order valence-corrected chi connectivity index (χ4v) is 1.40. The van der Waals surface area contributed by atoms with Crippen molar-refractivity contribution < 1.29 is 18.3 Å². The number of ether oxygens (including phenoxy) is 2. The normalized spacial score (nSPS) is 10.2. The highest BCUT2D eigenvalue weighted by atomic mass is 19.2. The van der Waals surface area contributed by atoms with Crippen LogP contribution in [0.25, 0.3) is 0 Å². The summed E-state index contributed by atoms with van der Waals surface area (Å²) in [5.41, 5.74) is 6.09. The SMILES string of the molecule is COc1ccc(N)c(Oc2ccc(F)c(F)c2)c1. The number of anilines is 1. The van der Waals surface area contributed by atoms with Crippen molar-refractivity contribution in [1.29, 1.82) is 0 Å². The third-order valence-corrected chi connectivity index (χ3v) is 2.34. The molecule has 0 spiro atoms. The van der Waals surface area contributed by atoms with Gasteiger partial charge in [-0.05, 0) is 24.3 Å². The maximum Gasteiger partial charge on any atom is 0.162 e. The second-order valence-electron chi connectivity index (χ2n) is 3.58. The van der Waals surface area contributed by atoms with Crippen LogP contribution in [0.5, 0.6) is 17.2 Å². The zero-order valence-corrected chi connectivity index (χ0v) is 9.61. The van der Waals surface area contributed by atoms with Crippen molar-refractivity contribution in [2.45, 2.75) is 0 Å². The number of methoxy groups -OCH3 is 1. The molecule has 2 aromatic carbocycles.